The highest BCUT2D eigenvalue weighted by Crippen LogP contribution is 2.27. The number of amides is 2. The molecule has 4 aromatic rings. The zero-order valence-corrected chi connectivity index (χ0v) is 16.3. The monoisotopic (exact) mass is 414 g/mol. The van der Waals surface area contributed by atoms with Crippen LogP contribution in [0.4, 0.5) is 16.3 Å². The van der Waals surface area contributed by atoms with Crippen LogP contribution in [0.5, 0.6) is 11.5 Å². The first-order valence-corrected chi connectivity index (χ1v) is 9.24. The minimum absolute atomic E-state index is 0.304. The summed E-state index contributed by atoms with van der Waals surface area (Å²) < 4.78 is 6.96. The van der Waals surface area contributed by atoms with Gasteiger partial charge in [-0.25, -0.2) is 20.6 Å². The summed E-state index contributed by atoms with van der Waals surface area (Å²) in [6.07, 6.45) is 3.74. The SMILES string of the molecule is C=CC(=O)N(N)C(=O)n1ccc2c(Nc3ccc(Oc4ccccc4)cc3)ncnc21. The molecular formula is C22H18N6O3. The Morgan fingerprint density at radius 1 is 1.03 bits per heavy atom. The highest BCUT2D eigenvalue weighted by Gasteiger charge is 2.20. The molecular weight excluding hydrogens is 396 g/mol. The maximum atomic E-state index is 12.5. The number of hydrazine groups is 1. The first-order valence-electron chi connectivity index (χ1n) is 9.24. The highest BCUT2D eigenvalue weighted by molar-refractivity contribution is 6.03. The predicted octanol–water partition coefficient (Wildman–Crippen LogP) is 3.82. The van der Waals surface area contributed by atoms with E-state index in [0.717, 1.165) is 17.5 Å². The lowest BCUT2D eigenvalue weighted by Crippen LogP contribution is -2.43. The number of imide groups is 1. The van der Waals surface area contributed by atoms with E-state index >= 15 is 0 Å². The number of nitrogens with two attached hydrogens (primary N) is 1. The van der Waals surface area contributed by atoms with Gasteiger partial charge >= 0.3 is 6.03 Å². The average molecular weight is 414 g/mol. The number of benzene rings is 2. The van der Waals surface area contributed by atoms with E-state index in [1.165, 1.54) is 17.1 Å². The molecule has 4 rings (SSSR count). The van der Waals surface area contributed by atoms with Crippen molar-refractivity contribution in [2.45, 2.75) is 0 Å². The van der Waals surface area contributed by atoms with Gasteiger partial charge in [0.25, 0.3) is 5.91 Å². The second-order valence-electron chi connectivity index (χ2n) is 6.40. The maximum Gasteiger partial charge on any atom is 0.351 e. The number of nitrogens with one attached hydrogen (secondary N) is 1. The minimum atomic E-state index is -0.757. The van der Waals surface area contributed by atoms with Gasteiger partial charge in [0, 0.05) is 11.9 Å². The maximum absolute atomic E-state index is 12.5. The molecule has 3 N–H and O–H groups in total. The van der Waals surface area contributed by atoms with Gasteiger partial charge in [-0.1, -0.05) is 24.8 Å². The second-order valence-corrected chi connectivity index (χ2v) is 6.40. The Balaban J connectivity index is 1.55. The van der Waals surface area contributed by atoms with Crippen LogP contribution in [-0.2, 0) is 4.79 Å². The molecule has 2 aromatic carbocycles. The third-order valence-corrected chi connectivity index (χ3v) is 4.40. The molecule has 0 bridgehead atoms. The van der Waals surface area contributed by atoms with Crippen LogP contribution in [0, 0.1) is 0 Å². The summed E-state index contributed by atoms with van der Waals surface area (Å²) in [4.78, 5) is 32.5. The van der Waals surface area contributed by atoms with Crippen LogP contribution in [0.1, 0.15) is 0 Å². The van der Waals surface area contributed by atoms with E-state index < -0.39 is 11.9 Å². The fourth-order valence-electron chi connectivity index (χ4n) is 2.88. The Morgan fingerprint density at radius 3 is 2.45 bits per heavy atom. The second kappa shape index (κ2) is 8.47. The number of para-hydroxylation sites is 1. The third kappa shape index (κ3) is 4.11. The molecule has 0 spiro atoms. The zero-order chi connectivity index (χ0) is 21.8. The number of nitrogens with zero attached hydrogens (tertiary/aromatic N) is 4. The number of anilines is 2. The molecule has 0 saturated carbocycles. The van der Waals surface area contributed by atoms with Gasteiger partial charge in [0.1, 0.15) is 23.6 Å². The third-order valence-electron chi connectivity index (χ3n) is 4.40. The van der Waals surface area contributed by atoms with E-state index in [1.54, 1.807) is 6.07 Å². The summed E-state index contributed by atoms with van der Waals surface area (Å²) in [7, 11) is 0. The van der Waals surface area contributed by atoms with Crippen LogP contribution in [-0.4, -0.2) is 31.5 Å². The van der Waals surface area contributed by atoms with Crippen LogP contribution in [0.25, 0.3) is 11.0 Å². The Labute approximate surface area is 177 Å². The summed E-state index contributed by atoms with van der Waals surface area (Å²) >= 11 is 0. The Hall–Kier alpha value is -4.50. The molecule has 31 heavy (non-hydrogen) atoms. The van der Waals surface area contributed by atoms with Crippen molar-refractivity contribution in [2.75, 3.05) is 5.32 Å². The first-order chi connectivity index (χ1) is 15.1. The number of carbonyl (C=O) groups excluding carboxylic acids is 2. The van der Waals surface area contributed by atoms with Crippen molar-refractivity contribution in [3.8, 4) is 11.5 Å². The van der Waals surface area contributed by atoms with Gasteiger partial charge in [0.05, 0.1) is 5.39 Å². The van der Waals surface area contributed by atoms with Gasteiger partial charge in [-0.05, 0) is 48.5 Å². The van der Waals surface area contributed by atoms with E-state index in [0.29, 0.717) is 27.6 Å². The Morgan fingerprint density at radius 2 is 1.74 bits per heavy atom. The molecule has 0 fully saturated rings. The summed E-state index contributed by atoms with van der Waals surface area (Å²) in [6.45, 7) is 3.32. The lowest BCUT2D eigenvalue weighted by atomic mass is 10.3. The molecule has 0 aliphatic heterocycles. The van der Waals surface area contributed by atoms with Crippen LogP contribution < -0.4 is 15.9 Å². The van der Waals surface area contributed by atoms with E-state index in [1.807, 2.05) is 54.6 Å². The number of ether oxygens (including phenoxy) is 1. The fourth-order valence-corrected chi connectivity index (χ4v) is 2.88. The number of carbonyl (C=O) groups is 2. The van der Waals surface area contributed by atoms with E-state index in [2.05, 4.69) is 21.9 Å². The Bertz CT molecular complexity index is 1250. The average Bonchev–Trinajstić information content (AvgIpc) is 3.25. The van der Waals surface area contributed by atoms with Gasteiger partial charge in [-0.15, -0.1) is 0 Å². The highest BCUT2D eigenvalue weighted by atomic mass is 16.5. The fraction of sp³-hybridized carbons (Fsp3) is 0. The molecule has 2 heterocycles. The van der Waals surface area contributed by atoms with Crippen molar-refractivity contribution >= 4 is 34.5 Å². The lowest BCUT2D eigenvalue weighted by molar-refractivity contribution is -0.123. The van der Waals surface area contributed by atoms with Gasteiger partial charge in [0.15, 0.2) is 5.65 Å². The van der Waals surface area contributed by atoms with Crippen LogP contribution in [0.3, 0.4) is 0 Å². The molecule has 2 amide bonds. The minimum Gasteiger partial charge on any atom is -0.457 e. The normalized spacial score (nSPS) is 10.5. The van der Waals surface area contributed by atoms with Gasteiger partial charge in [-0.2, -0.15) is 5.01 Å². The molecule has 2 aromatic heterocycles. The van der Waals surface area contributed by atoms with Gasteiger partial charge in [-0.3, -0.25) is 9.36 Å². The number of hydrogen-bond donors (Lipinski definition) is 2. The summed E-state index contributed by atoms with van der Waals surface area (Å²) in [5.74, 6) is 6.76. The number of fused-ring (bicyclic) bond motifs is 1. The molecule has 0 saturated heterocycles. The number of hydrogen-bond acceptors (Lipinski definition) is 7. The van der Waals surface area contributed by atoms with Crippen molar-refractivity contribution in [1.82, 2.24) is 19.5 Å². The topological polar surface area (TPSA) is 115 Å². The summed E-state index contributed by atoms with van der Waals surface area (Å²) in [5, 5.41) is 4.24. The summed E-state index contributed by atoms with van der Waals surface area (Å²) in [5.41, 5.74) is 1.07. The molecule has 0 unspecified atom stereocenters. The molecule has 0 radical (unpaired) electrons. The number of rotatable bonds is 5. The standard InChI is InChI=1S/C22H18N6O3/c1-2-19(29)28(23)22(30)27-13-12-18-20(24-14-25-21(18)27)26-15-8-10-17(11-9-15)31-16-6-4-3-5-7-16/h2-14H,1,23H2,(H,24,25,26). The number of aromatic nitrogens is 3. The van der Waals surface area contributed by atoms with Gasteiger partial charge < -0.3 is 10.1 Å². The van der Waals surface area contributed by atoms with Crippen molar-refractivity contribution < 1.29 is 14.3 Å². The molecule has 0 aliphatic carbocycles. The first kappa shape index (κ1) is 19.8. The van der Waals surface area contributed by atoms with Crippen LogP contribution >= 0.6 is 0 Å². The Kier molecular flexibility index (Phi) is 5.41. The van der Waals surface area contributed by atoms with E-state index in [-0.39, 0.29) is 0 Å². The molecule has 9 nitrogen and oxygen atoms in total. The zero-order valence-electron chi connectivity index (χ0n) is 16.3. The van der Waals surface area contributed by atoms with Gasteiger partial charge in [0.2, 0.25) is 0 Å². The van der Waals surface area contributed by atoms with Crippen LogP contribution in [0.15, 0.2) is 85.8 Å². The molecule has 154 valence electrons. The lowest BCUT2D eigenvalue weighted by Gasteiger charge is -2.13. The molecule has 0 atom stereocenters. The summed E-state index contributed by atoms with van der Waals surface area (Å²) in [6, 6.07) is 17.7. The van der Waals surface area contributed by atoms with E-state index in [9.17, 15) is 9.59 Å². The van der Waals surface area contributed by atoms with Crippen molar-refractivity contribution in [3.63, 3.8) is 0 Å². The predicted molar refractivity (Wildman–Crippen MR) is 116 cm³/mol. The largest absolute Gasteiger partial charge is 0.457 e. The van der Waals surface area contributed by atoms with Crippen molar-refractivity contribution in [3.05, 3.63) is 85.8 Å². The van der Waals surface area contributed by atoms with Crippen molar-refractivity contribution in [2.24, 2.45) is 5.84 Å². The quantitative estimate of drug-likeness (QED) is 0.221. The smallest absolute Gasteiger partial charge is 0.351 e. The molecule has 0 aliphatic rings. The molecule has 9 heteroatoms. The van der Waals surface area contributed by atoms with Crippen LogP contribution in [0.2, 0.25) is 0 Å². The van der Waals surface area contributed by atoms with E-state index in [4.69, 9.17) is 10.6 Å². The van der Waals surface area contributed by atoms with Crippen molar-refractivity contribution in [1.29, 1.82) is 0 Å².